The van der Waals surface area contributed by atoms with Crippen molar-refractivity contribution in [3.8, 4) is 0 Å². The van der Waals surface area contributed by atoms with Crippen LogP contribution in [0.5, 0.6) is 0 Å². The molecule has 0 spiro atoms. The number of hydrogen-bond acceptors (Lipinski definition) is 6. The lowest BCUT2D eigenvalue weighted by atomic mass is 10.3. The first-order valence-corrected chi connectivity index (χ1v) is 5.62. The fraction of sp³-hybridized carbons (Fsp3) is 0. The summed E-state index contributed by atoms with van der Waals surface area (Å²) in [5.41, 5.74) is 1.71. The predicted octanol–water partition coefficient (Wildman–Crippen LogP) is 2.09. The summed E-state index contributed by atoms with van der Waals surface area (Å²) in [6, 6.07) is 5.10. The molecular formula is C9H7N5O3S. The fourth-order valence-electron chi connectivity index (χ4n) is 1.18. The van der Waals surface area contributed by atoms with Crippen LogP contribution < -0.4 is 10.6 Å². The van der Waals surface area contributed by atoms with Crippen molar-refractivity contribution < 1.29 is 9.72 Å². The molecule has 0 aliphatic heterocycles. The molecule has 0 saturated carbocycles. The first-order valence-electron chi connectivity index (χ1n) is 4.74. The summed E-state index contributed by atoms with van der Waals surface area (Å²) in [5.74, 6) is 0. The Morgan fingerprint density at radius 3 is 2.89 bits per heavy atom. The molecular weight excluding hydrogens is 258 g/mol. The van der Waals surface area contributed by atoms with Gasteiger partial charge in [-0.25, -0.2) is 4.79 Å². The minimum Gasteiger partial charge on any atom is -0.307 e. The van der Waals surface area contributed by atoms with Gasteiger partial charge in [-0.05, 0) is 6.07 Å². The largest absolute Gasteiger partial charge is 0.325 e. The van der Waals surface area contributed by atoms with E-state index in [2.05, 4.69) is 20.8 Å². The highest BCUT2D eigenvalue weighted by Gasteiger charge is 2.08. The number of urea groups is 1. The van der Waals surface area contributed by atoms with Crippen molar-refractivity contribution in [2.75, 3.05) is 10.6 Å². The zero-order valence-corrected chi connectivity index (χ0v) is 9.68. The molecule has 8 nitrogen and oxygen atoms in total. The number of nitro groups is 1. The molecule has 2 N–H and O–H groups in total. The van der Waals surface area contributed by atoms with E-state index in [9.17, 15) is 14.9 Å². The number of benzene rings is 1. The molecule has 0 saturated heterocycles. The van der Waals surface area contributed by atoms with Gasteiger partial charge >= 0.3 is 6.03 Å². The molecule has 18 heavy (non-hydrogen) atoms. The summed E-state index contributed by atoms with van der Waals surface area (Å²) in [5, 5.41) is 23.0. The van der Waals surface area contributed by atoms with Gasteiger partial charge in [0.1, 0.15) is 5.51 Å². The van der Waals surface area contributed by atoms with Gasteiger partial charge in [0.15, 0.2) is 0 Å². The number of rotatable bonds is 3. The van der Waals surface area contributed by atoms with Gasteiger partial charge in [-0.2, -0.15) is 0 Å². The van der Waals surface area contributed by atoms with Crippen LogP contribution in [0.1, 0.15) is 0 Å². The smallest absolute Gasteiger partial charge is 0.307 e. The molecule has 2 aromatic rings. The number of amides is 2. The van der Waals surface area contributed by atoms with Gasteiger partial charge in [-0.15, -0.1) is 10.2 Å². The Bertz CT molecular complexity index is 571. The van der Waals surface area contributed by atoms with E-state index in [1.807, 2.05) is 0 Å². The molecule has 2 amide bonds. The number of nitrogens with zero attached hydrogens (tertiary/aromatic N) is 3. The Hall–Kier alpha value is -2.55. The Balaban J connectivity index is 2.03. The monoisotopic (exact) mass is 265 g/mol. The second-order valence-electron chi connectivity index (χ2n) is 3.13. The van der Waals surface area contributed by atoms with E-state index in [4.69, 9.17) is 0 Å². The van der Waals surface area contributed by atoms with Crippen molar-refractivity contribution in [2.24, 2.45) is 0 Å². The van der Waals surface area contributed by atoms with Crippen LogP contribution in [-0.4, -0.2) is 21.2 Å². The zero-order chi connectivity index (χ0) is 13.0. The first-order chi connectivity index (χ1) is 8.65. The Morgan fingerprint density at radius 2 is 2.22 bits per heavy atom. The molecule has 0 bridgehead atoms. The summed E-state index contributed by atoms with van der Waals surface area (Å²) in [7, 11) is 0. The van der Waals surface area contributed by atoms with E-state index in [0.29, 0.717) is 10.8 Å². The lowest BCUT2D eigenvalue weighted by molar-refractivity contribution is -0.384. The predicted molar refractivity (Wildman–Crippen MR) is 65.6 cm³/mol. The standard InChI is InChI=1S/C9H7N5O3S/c15-8(12-9-13-10-5-18-9)11-6-2-1-3-7(4-6)14(16)17/h1-5H,(H2,11,12,13,15). The van der Waals surface area contributed by atoms with Crippen molar-refractivity contribution in [2.45, 2.75) is 0 Å². The van der Waals surface area contributed by atoms with E-state index >= 15 is 0 Å². The average Bonchev–Trinajstić information content (AvgIpc) is 2.82. The maximum Gasteiger partial charge on any atom is 0.325 e. The molecule has 9 heteroatoms. The number of carbonyl (C=O) groups excluding carboxylic acids is 1. The highest BCUT2D eigenvalue weighted by atomic mass is 32.1. The fourth-order valence-corrected chi connectivity index (χ4v) is 1.62. The first kappa shape index (κ1) is 11.9. The lowest BCUT2D eigenvalue weighted by Gasteiger charge is -2.04. The maximum atomic E-state index is 11.5. The van der Waals surface area contributed by atoms with Gasteiger partial charge in [-0.3, -0.25) is 15.4 Å². The summed E-state index contributed by atoms with van der Waals surface area (Å²) < 4.78 is 0. The third kappa shape index (κ3) is 2.98. The summed E-state index contributed by atoms with van der Waals surface area (Å²) in [4.78, 5) is 21.5. The van der Waals surface area contributed by atoms with Crippen molar-refractivity contribution in [1.82, 2.24) is 10.2 Å². The zero-order valence-electron chi connectivity index (χ0n) is 8.86. The highest BCUT2D eigenvalue weighted by molar-refractivity contribution is 7.13. The molecule has 0 radical (unpaired) electrons. The number of carbonyl (C=O) groups is 1. The maximum absolute atomic E-state index is 11.5. The average molecular weight is 265 g/mol. The molecule has 0 atom stereocenters. The van der Waals surface area contributed by atoms with Gasteiger partial charge in [0.05, 0.1) is 4.92 Å². The molecule has 1 heterocycles. The minimum atomic E-state index is -0.535. The van der Waals surface area contributed by atoms with Crippen molar-refractivity contribution in [3.63, 3.8) is 0 Å². The number of aromatic nitrogens is 2. The molecule has 2 rings (SSSR count). The quantitative estimate of drug-likeness (QED) is 0.652. The molecule has 0 aliphatic rings. The van der Waals surface area contributed by atoms with Crippen molar-refractivity contribution in [3.05, 3.63) is 39.9 Å². The van der Waals surface area contributed by atoms with Gasteiger partial charge in [0.25, 0.3) is 5.69 Å². The SMILES string of the molecule is O=C(Nc1cccc([N+](=O)[O-])c1)Nc1nncs1. The second-order valence-corrected chi connectivity index (χ2v) is 3.96. The van der Waals surface area contributed by atoms with Gasteiger partial charge in [-0.1, -0.05) is 17.4 Å². The third-order valence-electron chi connectivity index (χ3n) is 1.90. The molecule has 1 aromatic carbocycles. The molecule has 0 aliphatic carbocycles. The van der Waals surface area contributed by atoms with E-state index in [1.165, 1.54) is 35.0 Å². The minimum absolute atomic E-state index is 0.0938. The molecule has 0 fully saturated rings. The van der Waals surface area contributed by atoms with Gasteiger partial charge < -0.3 is 5.32 Å². The van der Waals surface area contributed by atoms with Crippen molar-refractivity contribution in [1.29, 1.82) is 0 Å². The Morgan fingerprint density at radius 1 is 1.39 bits per heavy atom. The third-order valence-corrected chi connectivity index (χ3v) is 2.50. The van der Waals surface area contributed by atoms with Crippen LogP contribution >= 0.6 is 11.3 Å². The Labute approximate surface area is 105 Å². The summed E-state index contributed by atoms with van der Waals surface area (Å²) in [6.07, 6.45) is 0. The van der Waals surface area contributed by atoms with Gasteiger partial charge in [0, 0.05) is 17.8 Å². The number of nitrogens with one attached hydrogen (secondary N) is 2. The molecule has 92 valence electrons. The summed E-state index contributed by atoms with van der Waals surface area (Å²) in [6.45, 7) is 0. The normalized spacial score (nSPS) is 9.78. The van der Waals surface area contributed by atoms with E-state index in [1.54, 1.807) is 6.07 Å². The van der Waals surface area contributed by atoms with Crippen molar-refractivity contribution >= 4 is 33.9 Å². The number of nitro benzene ring substituents is 1. The Kier molecular flexibility index (Phi) is 3.44. The van der Waals surface area contributed by atoms with E-state index in [0.717, 1.165) is 0 Å². The van der Waals surface area contributed by atoms with Gasteiger partial charge in [0.2, 0.25) is 5.13 Å². The van der Waals surface area contributed by atoms with Crippen LogP contribution in [0.25, 0.3) is 0 Å². The van der Waals surface area contributed by atoms with Crippen LogP contribution in [0.4, 0.5) is 21.3 Å². The van der Waals surface area contributed by atoms with Crippen LogP contribution in [0.3, 0.4) is 0 Å². The highest BCUT2D eigenvalue weighted by Crippen LogP contribution is 2.17. The van der Waals surface area contributed by atoms with Crippen LogP contribution in [-0.2, 0) is 0 Å². The van der Waals surface area contributed by atoms with E-state index < -0.39 is 11.0 Å². The number of hydrogen-bond donors (Lipinski definition) is 2. The van der Waals surface area contributed by atoms with E-state index in [-0.39, 0.29) is 5.69 Å². The molecule has 1 aromatic heterocycles. The molecule has 0 unspecified atom stereocenters. The number of anilines is 2. The van der Waals surface area contributed by atoms with Crippen LogP contribution in [0, 0.1) is 10.1 Å². The topological polar surface area (TPSA) is 110 Å². The van der Waals surface area contributed by atoms with Crippen LogP contribution in [0.2, 0.25) is 0 Å². The number of non-ortho nitro benzene ring substituents is 1. The lowest BCUT2D eigenvalue weighted by Crippen LogP contribution is -2.19. The van der Waals surface area contributed by atoms with Crippen LogP contribution in [0.15, 0.2) is 29.8 Å². The second kappa shape index (κ2) is 5.19. The summed E-state index contributed by atoms with van der Waals surface area (Å²) >= 11 is 1.17.